The first kappa shape index (κ1) is 26.9. The molecule has 0 aliphatic carbocycles. The van der Waals surface area contributed by atoms with E-state index in [9.17, 15) is 35.9 Å². The molecule has 37 heavy (non-hydrogen) atoms. The van der Waals surface area contributed by atoms with Crippen molar-refractivity contribution >= 4 is 43.1 Å². The van der Waals surface area contributed by atoms with E-state index in [1.54, 1.807) is 18.2 Å². The topological polar surface area (TPSA) is 138 Å². The van der Waals surface area contributed by atoms with Gasteiger partial charge < -0.3 is 10.4 Å². The number of hydrogen-bond donors (Lipinski definition) is 2. The lowest BCUT2D eigenvalue weighted by molar-refractivity contribution is -0.142. The summed E-state index contributed by atoms with van der Waals surface area (Å²) < 4.78 is 66.3. The van der Waals surface area contributed by atoms with Crippen molar-refractivity contribution in [2.45, 2.75) is 44.7 Å². The van der Waals surface area contributed by atoms with Gasteiger partial charge in [-0.05, 0) is 54.8 Å². The van der Waals surface area contributed by atoms with E-state index in [2.05, 4.69) is 5.32 Å². The maximum absolute atomic E-state index is 13.4. The number of sulfonamides is 1. The summed E-state index contributed by atoms with van der Waals surface area (Å²) in [5.41, 5.74) is 0.482. The molecule has 2 unspecified atom stereocenters. The molecule has 2 N–H and O–H groups in total. The lowest BCUT2D eigenvalue weighted by atomic mass is 10.1. The maximum Gasteiger partial charge on any atom is 0.326 e. The zero-order valence-electron chi connectivity index (χ0n) is 19.3. The number of aliphatic carboxylic acids is 1. The fraction of sp³-hybridized carbons (Fsp3) is 0.250. The molecule has 2 heterocycles. The van der Waals surface area contributed by atoms with E-state index in [0.29, 0.717) is 23.3 Å². The van der Waals surface area contributed by atoms with Gasteiger partial charge in [0, 0.05) is 13.0 Å². The van der Waals surface area contributed by atoms with Crippen LogP contribution >= 0.6 is 11.3 Å². The largest absolute Gasteiger partial charge is 0.480 e. The molecule has 0 saturated carbocycles. The second-order valence-electron chi connectivity index (χ2n) is 8.39. The van der Waals surface area contributed by atoms with Gasteiger partial charge in [-0.1, -0.05) is 30.3 Å². The van der Waals surface area contributed by atoms with Gasteiger partial charge in [-0.15, -0.1) is 11.3 Å². The second kappa shape index (κ2) is 10.7. The number of nitrogens with one attached hydrogen (secondary N) is 1. The van der Waals surface area contributed by atoms with E-state index in [1.807, 2.05) is 0 Å². The van der Waals surface area contributed by atoms with Crippen LogP contribution in [0.15, 0.2) is 80.0 Å². The molecule has 1 saturated heterocycles. The van der Waals surface area contributed by atoms with Crippen LogP contribution in [-0.4, -0.2) is 56.8 Å². The number of hydrogen-bond acceptors (Lipinski definition) is 7. The van der Waals surface area contributed by atoms with Crippen LogP contribution in [0, 0.1) is 5.82 Å². The summed E-state index contributed by atoms with van der Waals surface area (Å²) in [4.78, 5) is 24.8. The third kappa shape index (κ3) is 5.74. The van der Waals surface area contributed by atoms with Crippen LogP contribution in [0.25, 0.3) is 0 Å². The predicted octanol–water partition coefficient (Wildman–Crippen LogP) is 2.69. The molecule has 13 heteroatoms. The summed E-state index contributed by atoms with van der Waals surface area (Å²) in [5.74, 6) is -2.58. The van der Waals surface area contributed by atoms with Crippen molar-refractivity contribution in [2.24, 2.45) is 0 Å². The average molecular weight is 567 g/mol. The Balaban J connectivity index is 1.53. The Morgan fingerprint density at radius 2 is 1.65 bits per heavy atom. The van der Waals surface area contributed by atoms with Crippen LogP contribution in [-0.2, 0) is 35.9 Å². The lowest BCUT2D eigenvalue weighted by Crippen LogP contribution is -2.51. The van der Waals surface area contributed by atoms with E-state index in [0.717, 1.165) is 4.31 Å². The van der Waals surface area contributed by atoms with Crippen molar-refractivity contribution in [3.8, 4) is 0 Å². The van der Waals surface area contributed by atoms with Gasteiger partial charge in [-0.2, -0.15) is 4.31 Å². The molecule has 196 valence electrons. The summed E-state index contributed by atoms with van der Waals surface area (Å²) in [7, 11) is -8.16. The minimum atomic E-state index is -4.24. The first-order valence-electron chi connectivity index (χ1n) is 11.2. The van der Waals surface area contributed by atoms with E-state index < -0.39 is 49.6 Å². The molecule has 0 bridgehead atoms. The molecule has 4 rings (SSSR count). The number of carboxylic acids is 1. The summed E-state index contributed by atoms with van der Waals surface area (Å²) in [6.45, 7) is 0.0226. The highest BCUT2D eigenvalue weighted by Gasteiger charge is 2.41. The summed E-state index contributed by atoms with van der Waals surface area (Å²) >= 11 is 0.590. The Morgan fingerprint density at radius 1 is 1.00 bits per heavy atom. The molecule has 0 spiro atoms. The van der Waals surface area contributed by atoms with Crippen molar-refractivity contribution in [3.05, 3.63) is 78.1 Å². The molecule has 0 radical (unpaired) electrons. The molecule has 2 atom stereocenters. The standard InChI is InChI=1S/C24H23FN2O7S3/c25-17-10-8-16(9-11-17)15-19(24(29)30)26-23(28)20-7-4-14-27(20)37(33,34)22-13-12-21(35-22)36(31,32)18-5-2-1-3-6-18/h1-3,5-6,8-13,19-20H,4,7,14-15H2,(H,26,28)(H,29,30). The molecular weight excluding hydrogens is 543 g/mol. The van der Waals surface area contributed by atoms with Crippen molar-refractivity contribution in [1.29, 1.82) is 0 Å². The smallest absolute Gasteiger partial charge is 0.326 e. The van der Waals surface area contributed by atoms with Gasteiger partial charge in [0.15, 0.2) is 0 Å². The second-order valence-corrected chi connectivity index (χ2v) is 13.8. The highest BCUT2D eigenvalue weighted by molar-refractivity contribution is 7.95. The summed E-state index contributed by atoms with van der Waals surface area (Å²) in [6.07, 6.45) is 0.425. The van der Waals surface area contributed by atoms with E-state index in [-0.39, 0.29) is 32.7 Å². The van der Waals surface area contributed by atoms with Crippen LogP contribution in [0.1, 0.15) is 18.4 Å². The number of rotatable bonds is 9. The van der Waals surface area contributed by atoms with Crippen LogP contribution < -0.4 is 5.32 Å². The minimum absolute atomic E-state index is 0.0226. The minimum Gasteiger partial charge on any atom is -0.480 e. The third-order valence-corrected chi connectivity index (χ3v) is 11.6. The predicted molar refractivity (Wildman–Crippen MR) is 133 cm³/mol. The quantitative estimate of drug-likeness (QED) is 0.406. The number of benzene rings is 2. The SMILES string of the molecule is O=C(O)C(Cc1ccc(F)cc1)NC(=O)C1CCCN1S(=O)(=O)c1ccc(S(=O)(=O)c2ccccc2)s1. The van der Waals surface area contributed by atoms with Gasteiger partial charge in [0.2, 0.25) is 15.7 Å². The molecular formula is C24H23FN2O7S3. The number of halogens is 1. The molecule has 1 amide bonds. The van der Waals surface area contributed by atoms with Crippen LogP contribution in [0.3, 0.4) is 0 Å². The van der Waals surface area contributed by atoms with Gasteiger partial charge in [-0.25, -0.2) is 26.0 Å². The number of nitrogens with zero attached hydrogens (tertiary/aromatic N) is 1. The van der Waals surface area contributed by atoms with Crippen LogP contribution in [0.5, 0.6) is 0 Å². The van der Waals surface area contributed by atoms with Gasteiger partial charge in [-0.3, -0.25) is 4.79 Å². The molecule has 2 aromatic carbocycles. The summed E-state index contributed by atoms with van der Waals surface area (Å²) in [5, 5.41) is 12.0. The Kier molecular flexibility index (Phi) is 7.78. The normalized spacial score (nSPS) is 17.4. The molecule has 1 aromatic heterocycles. The van der Waals surface area contributed by atoms with Crippen molar-refractivity contribution in [3.63, 3.8) is 0 Å². The summed E-state index contributed by atoms with van der Waals surface area (Å²) in [6, 6.07) is 12.7. The third-order valence-electron chi connectivity index (χ3n) is 5.91. The molecule has 1 aliphatic rings. The van der Waals surface area contributed by atoms with Crippen LogP contribution in [0.4, 0.5) is 4.39 Å². The highest BCUT2D eigenvalue weighted by Crippen LogP contribution is 2.34. The van der Waals surface area contributed by atoms with E-state index in [4.69, 9.17) is 0 Å². The average Bonchev–Trinajstić information content (AvgIpc) is 3.57. The Morgan fingerprint density at radius 3 is 2.30 bits per heavy atom. The highest BCUT2D eigenvalue weighted by atomic mass is 32.3. The monoisotopic (exact) mass is 566 g/mol. The Labute approximate surface area is 217 Å². The van der Waals surface area contributed by atoms with Gasteiger partial charge in [0.1, 0.15) is 26.3 Å². The number of thiophene rings is 1. The molecule has 1 aliphatic heterocycles. The van der Waals surface area contributed by atoms with Crippen molar-refractivity contribution < 1.29 is 35.9 Å². The first-order valence-corrected chi connectivity index (χ1v) is 14.9. The van der Waals surface area contributed by atoms with Gasteiger partial charge in [0.25, 0.3) is 10.0 Å². The van der Waals surface area contributed by atoms with Crippen LogP contribution in [0.2, 0.25) is 0 Å². The zero-order valence-corrected chi connectivity index (χ0v) is 21.7. The van der Waals surface area contributed by atoms with E-state index >= 15 is 0 Å². The fourth-order valence-corrected chi connectivity index (χ4v) is 9.01. The number of sulfone groups is 1. The zero-order chi connectivity index (χ0) is 26.8. The number of amides is 1. The van der Waals surface area contributed by atoms with Gasteiger partial charge >= 0.3 is 5.97 Å². The first-order chi connectivity index (χ1) is 17.5. The Hall–Kier alpha value is -3.13. The molecule has 3 aromatic rings. The van der Waals surface area contributed by atoms with Crippen molar-refractivity contribution in [1.82, 2.24) is 9.62 Å². The van der Waals surface area contributed by atoms with E-state index in [1.165, 1.54) is 48.5 Å². The molecule has 1 fully saturated rings. The van der Waals surface area contributed by atoms with Crippen molar-refractivity contribution in [2.75, 3.05) is 6.54 Å². The number of carbonyl (C=O) groups excluding carboxylic acids is 1. The number of carboxylic acid groups (broad SMARTS) is 1. The molecule has 9 nitrogen and oxygen atoms in total. The number of carbonyl (C=O) groups is 2. The fourth-order valence-electron chi connectivity index (χ4n) is 4.03. The lowest BCUT2D eigenvalue weighted by Gasteiger charge is -2.24. The maximum atomic E-state index is 13.4. The van der Waals surface area contributed by atoms with Gasteiger partial charge in [0.05, 0.1) is 4.90 Å². The Bertz CT molecular complexity index is 1510.